The van der Waals surface area contributed by atoms with Crippen molar-refractivity contribution in [3.05, 3.63) is 0 Å². The minimum absolute atomic E-state index is 0.0689. The van der Waals surface area contributed by atoms with Gasteiger partial charge in [-0.05, 0) is 25.7 Å². The molecule has 1 amide bonds. The highest BCUT2D eigenvalue weighted by Crippen LogP contribution is 2.45. The standard InChI is InChI=1S/C13H21NO3/c15-11(10-5-3-1-2-4-6-10)14-9-13(7-8-13)12(16)17/h10H,1-9H2,(H,14,15)(H,16,17). The van der Waals surface area contributed by atoms with Gasteiger partial charge in [-0.2, -0.15) is 0 Å². The summed E-state index contributed by atoms with van der Waals surface area (Å²) in [6.07, 6.45) is 8.04. The predicted octanol–water partition coefficient (Wildman–Crippen LogP) is 1.94. The molecular formula is C13H21NO3. The second kappa shape index (κ2) is 5.07. The van der Waals surface area contributed by atoms with E-state index in [1.54, 1.807) is 0 Å². The molecule has 0 aromatic carbocycles. The number of amides is 1. The van der Waals surface area contributed by atoms with E-state index in [0.717, 1.165) is 25.7 Å². The van der Waals surface area contributed by atoms with Crippen molar-refractivity contribution in [1.29, 1.82) is 0 Å². The maximum atomic E-state index is 11.9. The molecule has 17 heavy (non-hydrogen) atoms. The van der Waals surface area contributed by atoms with E-state index in [1.165, 1.54) is 12.8 Å². The molecule has 0 unspecified atom stereocenters. The van der Waals surface area contributed by atoms with Crippen molar-refractivity contribution < 1.29 is 14.7 Å². The molecule has 0 atom stereocenters. The molecule has 0 aromatic rings. The Morgan fingerprint density at radius 1 is 1.12 bits per heavy atom. The average molecular weight is 239 g/mol. The molecule has 0 aliphatic heterocycles. The van der Waals surface area contributed by atoms with Crippen molar-refractivity contribution in [2.45, 2.75) is 51.4 Å². The lowest BCUT2D eigenvalue weighted by Gasteiger charge is -2.16. The molecule has 2 aliphatic rings. The molecule has 2 N–H and O–H groups in total. The first-order chi connectivity index (χ1) is 8.14. The van der Waals surface area contributed by atoms with E-state index in [9.17, 15) is 9.59 Å². The quantitative estimate of drug-likeness (QED) is 0.737. The van der Waals surface area contributed by atoms with Crippen molar-refractivity contribution in [3.8, 4) is 0 Å². The van der Waals surface area contributed by atoms with Gasteiger partial charge in [0.2, 0.25) is 5.91 Å². The second-order valence-electron chi connectivity index (χ2n) is 5.49. The number of hydrogen-bond donors (Lipinski definition) is 2. The van der Waals surface area contributed by atoms with Gasteiger partial charge >= 0.3 is 5.97 Å². The van der Waals surface area contributed by atoms with Crippen LogP contribution in [0.2, 0.25) is 0 Å². The summed E-state index contributed by atoms with van der Waals surface area (Å²) in [4.78, 5) is 22.9. The van der Waals surface area contributed by atoms with Gasteiger partial charge in [-0.3, -0.25) is 9.59 Å². The summed E-state index contributed by atoms with van der Waals surface area (Å²) in [6, 6.07) is 0. The molecule has 0 bridgehead atoms. The number of carbonyl (C=O) groups is 2. The summed E-state index contributed by atoms with van der Waals surface area (Å²) in [5.74, 6) is -0.583. The third-order valence-corrected chi connectivity index (χ3v) is 4.13. The molecule has 4 nitrogen and oxygen atoms in total. The van der Waals surface area contributed by atoms with Crippen LogP contribution in [0.3, 0.4) is 0 Å². The molecule has 0 spiro atoms. The Morgan fingerprint density at radius 2 is 1.71 bits per heavy atom. The van der Waals surface area contributed by atoms with Crippen LogP contribution in [0.1, 0.15) is 51.4 Å². The van der Waals surface area contributed by atoms with Crippen molar-refractivity contribution in [2.75, 3.05) is 6.54 Å². The molecule has 2 saturated carbocycles. The highest BCUT2D eigenvalue weighted by Gasteiger charge is 2.50. The molecular weight excluding hydrogens is 218 g/mol. The van der Waals surface area contributed by atoms with Crippen LogP contribution in [0.5, 0.6) is 0 Å². The van der Waals surface area contributed by atoms with Gasteiger partial charge in [0.25, 0.3) is 0 Å². The lowest BCUT2D eigenvalue weighted by atomic mass is 9.99. The van der Waals surface area contributed by atoms with Gasteiger partial charge in [0, 0.05) is 12.5 Å². The minimum Gasteiger partial charge on any atom is -0.481 e. The Hall–Kier alpha value is -1.06. The van der Waals surface area contributed by atoms with Crippen LogP contribution in [-0.2, 0) is 9.59 Å². The molecule has 2 fully saturated rings. The van der Waals surface area contributed by atoms with E-state index in [2.05, 4.69) is 5.32 Å². The zero-order valence-corrected chi connectivity index (χ0v) is 10.2. The fraction of sp³-hybridized carbons (Fsp3) is 0.846. The van der Waals surface area contributed by atoms with Gasteiger partial charge in [0.05, 0.1) is 5.41 Å². The zero-order valence-electron chi connectivity index (χ0n) is 10.2. The Balaban J connectivity index is 1.78. The van der Waals surface area contributed by atoms with Crippen LogP contribution in [0, 0.1) is 11.3 Å². The zero-order chi connectivity index (χ0) is 12.3. The smallest absolute Gasteiger partial charge is 0.311 e. The van der Waals surface area contributed by atoms with Crippen LogP contribution in [0.25, 0.3) is 0 Å². The highest BCUT2D eigenvalue weighted by atomic mass is 16.4. The van der Waals surface area contributed by atoms with Gasteiger partial charge in [0.1, 0.15) is 0 Å². The molecule has 2 rings (SSSR count). The first-order valence-electron chi connectivity index (χ1n) is 6.65. The fourth-order valence-corrected chi connectivity index (χ4v) is 2.56. The van der Waals surface area contributed by atoms with Crippen LogP contribution in [0.4, 0.5) is 0 Å². The monoisotopic (exact) mass is 239 g/mol. The van der Waals surface area contributed by atoms with Gasteiger partial charge in [-0.25, -0.2) is 0 Å². The third kappa shape index (κ3) is 2.99. The van der Waals surface area contributed by atoms with Gasteiger partial charge in [-0.15, -0.1) is 0 Å². The van der Waals surface area contributed by atoms with E-state index in [-0.39, 0.29) is 11.8 Å². The van der Waals surface area contributed by atoms with E-state index in [1.807, 2.05) is 0 Å². The van der Waals surface area contributed by atoms with E-state index < -0.39 is 11.4 Å². The Bertz CT molecular complexity index is 302. The number of hydrogen-bond acceptors (Lipinski definition) is 2. The van der Waals surface area contributed by atoms with Gasteiger partial charge in [0.15, 0.2) is 0 Å². The minimum atomic E-state index is -0.765. The summed E-state index contributed by atoms with van der Waals surface area (Å²) >= 11 is 0. The van der Waals surface area contributed by atoms with Crippen molar-refractivity contribution in [3.63, 3.8) is 0 Å². The van der Waals surface area contributed by atoms with Crippen molar-refractivity contribution >= 4 is 11.9 Å². The molecule has 4 heteroatoms. The molecule has 0 saturated heterocycles. The van der Waals surface area contributed by atoms with Crippen LogP contribution >= 0.6 is 0 Å². The predicted molar refractivity (Wildman–Crippen MR) is 63.5 cm³/mol. The summed E-state index contributed by atoms with van der Waals surface area (Å²) in [5.41, 5.74) is -0.639. The number of carboxylic acid groups (broad SMARTS) is 1. The number of rotatable bonds is 4. The third-order valence-electron chi connectivity index (χ3n) is 4.13. The van der Waals surface area contributed by atoms with E-state index in [0.29, 0.717) is 19.4 Å². The first-order valence-corrected chi connectivity index (χ1v) is 6.65. The summed E-state index contributed by atoms with van der Waals surface area (Å²) in [7, 11) is 0. The normalized spacial score (nSPS) is 23.8. The molecule has 0 aromatic heterocycles. The van der Waals surface area contributed by atoms with Crippen LogP contribution < -0.4 is 5.32 Å². The van der Waals surface area contributed by atoms with Gasteiger partial charge < -0.3 is 10.4 Å². The number of carboxylic acids is 1. The molecule has 0 heterocycles. The SMILES string of the molecule is O=C(NCC1(C(=O)O)CC1)C1CCCCCC1. The largest absolute Gasteiger partial charge is 0.481 e. The lowest BCUT2D eigenvalue weighted by Crippen LogP contribution is -2.37. The Kier molecular flexibility index (Phi) is 3.69. The summed E-state index contributed by atoms with van der Waals surface area (Å²) in [5, 5.41) is 11.9. The van der Waals surface area contributed by atoms with Gasteiger partial charge in [-0.1, -0.05) is 25.7 Å². The first kappa shape index (κ1) is 12.4. The van der Waals surface area contributed by atoms with Crippen LogP contribution in [0.15, 0.2) is 0 Å². The average Bonchev–Trinajstić information content (AvgIpc) is 3.11. The maximum Gasteiger partial charge on any atom is 0.311 e. The van der Waals surface area contributed by atoms with Crippen molar-refractivity contribution in [2.24, 2.45) is 11.3 Å². The second-order valence-corrected chi connectivity index (χ2v) is 5.49. The lowest BCUT2D eigenvalue weighted by molar-refractivity contribution is -0.143. The highest BCUT2D eigenvalue weighted by molar-refractivity contribution is 5.82. The summed E-state index contributed by atoms with van der Waals surface area (Å²) < 4.78 is 0. The maximum absolute atomic E-state index is 11.9. The Morgan fingerprint density at radius 3 is 2.18 bits per heavy atom. The number of aliphatic carboxylic acids is 1. The number of carbonyl (C=O) groups excluding carboxylic acids is 1. The number of nitrogens with one attached hydrogen (secondary N) is 1. The van der Waals surface area contributed by atoms with Crippen LogP contribution in [-0.4, -0.2) is 23.5 Å². The molecule has 2 aliphatic carbocycles. The Labute approximate surface area is 102 Å². The summed E-state index contributed by atoms with van der Waals surface area (Å²) in [6.45, 7) is 0.317. The van der Waals surface area contributed by atoms with E-state index >= 15 is 0 Å². The van der Waals surface area contributed by atoms with Crippen molar-refractivity contribution in [1.82, 2.24) is 5.32 Å². The molecule has 96 valence electrons. The fourth-order valence-electron chi connectivity index (χ4n) is 2.56. The molecule has 0 radical (unpaired) electrons. The van der Waals surface area contributed by atoms with E-state index in [4.69, 9.17) is 5.11 Å². The topological polar surface area (TPSA) is 66.4 Å².